The number of anilines is 1. The third-order valence-corrected chi connectivity index (χ3v) is 7.46. The standard InChI is InChI=1S/C27H29N5O2S/c1-18-21(16-31(2)30-18)15-24-26(34)32(23-10-4-3-5-11-23)27(29-24)35-17-25(33)28-22-13-12-19-8-6-7-9-20(19)14-22/h6-9,12-16,23H,3-5,10-11,17H2,1-2H3,(H,28,33). The number of benzene rings is 2. The normalized spacial score (nSPS) is 17.9. The van der Waals surface area contributed by atoms with Gasteiger partial charge < -0.3 is 5.32 Å². The Morgan fingerprint density at radius 3 is 2.66 bits per heavy atom. The smallest absolute Gasteiger partial charge is 0.278 e. The van der Waals surface area contributed by atoms with Gasteiger partial charge in [0, 0.05) is 30.5 Å². The lowest BCUT2D eigenvalue weighted by atomic mass is 9.94. The van der Waals surface area contributed by atoms with Crippen molar-refractivity contribution in [2.45, 2.75) is 45.1 Å². The molecule has 1 aromatic heterocycles. The predicted molar refractivity (Wildman–Crippen MR) is 142 cm³/mol. The fourth-order valence-corrected chi connectivity index (χ4v) is 5.64. The third kappa shape index (κ3) is 5.17. The van der Waals surface area contributed by atoms with Crippen LogP contribution >= 0.6 is 11.8 Å². The molecule has 0 bridgehead atoms. The summed E-state index contributed by atoms with van der Waals surface area (Å²) in [5, 5.41) is 10.2. The summed E-state index contributed by atoms with van der Waals surface area (Å²) in [7, 11) is 1.86. The Balaban J connectivity index is 1.33. The SMILES string of the molecule is Cc1nn(C)cc1C=C1N=C(SCC(=O)Nc2ccc3ccccc3c2)N(C2CCCCC2)C1=O. The fraction of sp³-hybridized carbons (Fsp3) is 0.333. The molecule has 1 aliphatic heterocycles. The number of thioether (sulfide) groups is 1. The first-order chi connectivity index (χ1) is 17.0. The second-order valence-electron chi connectivity index (χ2n) is 9.13. The van der Waals surface area contributed by atoms with Gasteiger partial charge in [0.15, 0.2) is 5.17 Å². The van der Waals surface area contributed by atoms with E-state index in [1.165, 1.54) is 18.2 Å². The first-order valence-electron chi connectivity index (χ1n) is 12.0. The lowest BCUT2D eigenvalue weighted by Crippen LogP contribution is -2.41. The van der Waals surface area contributed by atoms with Gasteiger partial charge in [-0.15, -0.1) is 0 Å². The lowest BCUT2D eigenvalue weighted by molar-refractivity contribution is -0.124. The van der Waals surface area contributed by atoms with Crippen LogP contribution in [-0.4, -0.2) is 43.5 Å². The average Bonchev–Trinajstić information content (AvgIpc) is 3.35. The van der Waals surface area contributed by atoms with Crippen LogP contribution in [0.25, 0.3) is 16.8 Å². The highest BCUT2D eigenvalue weighted by atomic mass is 32.2. The Labute approximate surface area is 209 Å². The van der Waals surface area contributed by atoms with Crippen molar-refractivity contribution >= 4 is 51.3 Å². The number of aromatic nitrogens is 2. The second-order valence-corrected chi connectivity index (χ2v) is 10.1. The molecule has 0 radical (unpaired) electrons. The van der Waals surface area contributed by atoms with Crippen LogP contribution < -0.4 is 5.32 Å². The number of amides is 2. The minimum absolute atomic E-state index is 0.0856. The number of hydrogen-bond acceptors (Lipinski definition) is 5. The van der Waals surface area contributed by atoms with Crippen LogP contribution in [0.15, 0.2) is 59.4 Å². The molecule has 180 valence electrons. The molecule has 0 saturated heterocycles. The molecular weight excluding hydrogens is 458 g/mol. The van der Waals surface area contributed by atoms with Gasteiger partial charge in [-0.1, -0.05) is 61.4 Å². The molecule has 0 atom stereocenters. The number of carbonyl (C=O) groups excluding carboxylic acids is 2. The number of amidine groups is 1. The van der Waals surface area contributed by atoms with E-state index in [0.29, 0.717) is 10.9 Å². The summed E-state index contributed by atoms with van der Waals surface area (Å²) in [6.07, 6.45) is 9.04. The molecule has 2 aliphatic rings. The van der Waals surface area contributed by atoms with E-state index >= 15 is 0 Å². The quantitative estimate of drug-likeness (QED) is 0.506. The van der Waals surface area contributed by atoms with E-state index in [-0.39, 0.29) is 23.6 Å². The summed E-state index contributed by atoms with van der Waals surface area (Å²) in [5.74, 6) is -0.0244. The fourth-order valence-electron chi connectivity index (χ4n) is 4.77. The van der Waals surface area contributed by atoms with Crippen molar-refractivity contribution in [3.8, 4) is 0 Å². The summed E-state index contributed by atoms with van der Waals surface area (Å²) in [6, 6.07) is 14.1. The van der Waals surface area contributed by atoms with Gasteiger partial charge in [-0.05, 0) is 48.7 Å². The second kappa shape index (κ2) is 10.1. The van der Waals surface area contributed by atoms with Crippen LogP contribution in [0.5, 0.6) is 0 Å². The van der Waals surface area contributed by atoms with Gasteiger partial charge >= 0.3 is 0 Å². The van der Waals surface area contributed by atoms with Crippen LogP contribution in [-0.2, 0) is 16.6 Å². The van der Waals surface area contributed by atoms with Crippen LogP contribution in [0.2, 0.25) is 0 Å². The van der Waals surface area contributed by atoms with Gasteiger partial charge in [0.25, 0.3) is 5.91 Å². The topological polar surface area (TPSA) is 79.6 Å². The number of aryl methyl sites for hydroxylation is 2. The highest BCUT2D eigenvalue weighted by molar-refractivity contribution is 8.14. The van der Waals surface area contributed by atoms with Gasteiger partial charge in [0.05, 0.1) is 11.4 Å². The van der Waals surface area contributed by atoms with Crippen LogP contribution in [0.4, 0.5) is 5.69 Å². The highest BCUT2D eigenvalue weighted by Crippen LogP contribution is 2.32. The van der Waals surface area contributed by atoms with Gasteiger partial charge in [-0.3, -0.25) is 19.2 Å². The van der Waals surface area contributed by atoms with Gasteiger partial charge in [0.2, 0.25) is 5.91 Å². The Kier molecular flexibility index (Phi) is 6.72. The van der Waals surface area contributed by atoms with Crippen molar-refractivity contribution in [2.24, 2.45) is 12.0 Å². The number of nitrogens with one attached hydrogen (secondary N) is 1. The van der Waals surface area contributed by atoms with Crippen molar-refractivity contribution < 1.29 is 9.59 Å². The van der Waals surface area contributed by atoms with Crippen LogP contribution in [0.1, 0.15) is 43.4 Å². The molecule has 2 heterocycles. The minimum Gasteiger partial charge on any atom is -0.325 e. The molecule has 1 N–H and O–H groups in total. The van der Waals surface area contributed by atoms with Gasteiger partial charge in [-0.25, -0.2) is 4.99 Å². The summed E-state index contributed by atoms with van der Waals surface area (Å²) in [5.41, 5.74) is 2.89. The molecule has 8 heteroatoms. The highest BCUT2D eigenvalue weighted by Gasteiger charge is 2.36. The zero-order valence-corrected chi connectivity index (χ0v) is 20.8. The average molecular weight is 488 g/mol. The first kappa shape index (κ1) is 23.4. The number of fused-ring (bicyclic) bond motifs is 1. The maximum absolute atomic E-state index is 13.4. The van der Waals surface area contributed by atoms with Crippen molar-refractivity contribution in [3.05, 3.63) is 65.6 Å². The number of aliphatic imine (C=N–C) groups is 1. The Hall–Kier alpha value is -3.39. The monoisotopic (exact) mass is 487 g/mol. The van der Waals surface area contributed by atoms with Crippen molar-refractivity contribution in [1.82, 2.24) is 14.7 Å². The molecule has 5 rings (SSSR count). The third-order valence-electron chi connectivity index (χ3n) is 6.51. The predicted octanol–water partition coefficient (Wildman–Crippen LogP) is 5.13. The molecule has 7 nitrogen and oxygen atoms in total. The number of carbonyl (C=O) groups is 2. The van der Waals surface area contributed by atoms with Crippen molar-refractivity contribution in [3.63, 3.8) is 0 Å². The zero-order chi connectivity index (χ0) is 24.4. The van der Waals surface area contributed by atoms with E-state index in [9.17, 15) is 9.59 Å². The molecule has 2 aromatic carbocycles. The molecule has 1 fully saturated rings. The molecule has 2 amide bonds. The summed E-state index contributed by atoms with van der Waals surface area (Å²) < 4.78 is 1.73. The lowest BCUT2D eigenvalue weighted by Gasteiger charge is -2.31. The molecular formula is C27H29N5O2S. The maximum atomic E-state index is 13.4. The van der Waals surface area contributed by atoms with E-state index in [1.807, 2.05) is 73.6 Å². The maximum Gasteiger partial charge on any atom is 0.278 e. The summed E-state index contributed by atoms with van der Waals surface area (Å²) in [4.78, 5) is 32.7. The van der Waals surface area contributed by atoms with E-state index < -0.39 is 0 Å². The summed E-state index contributed by atoms with van der Waals surface area (Å²) in [6.45, 7) is 1.92. The van der Waals surface area contributed by atoms with E-state index in [4.69, 9.17) is 4.99 Å². The van der Waals surface area contributed by atoms with Crippen LogP contribution in [0.3, 0.4) is 0 Å². The Morgan fingerprint density at radius 2 is 1.91 bits per heavy atom. The van der Waals surface area contributed by atoms with Gasteiger partial charge in [-0.2, -0.15) is 5.10 Å². The minimum atomic E-state index is -0.121. The summed E-state index contributed by atoms with van der Waals surface area (Å²) >= 11 is 1.33. The van der Waals surface area contributed by atoms with E-state index in [1.54, 1.807) is 4.68 Å². The van der Waals surface area contributed by atoms with Gasteiger partial charge in [0.1, 0.15) is 5.70 Å². The molecule has 1 aliphatic carbocycles. The number of hydrogen-bond donors (Lipinski definition) is 1. The van der Waals surface area contributed by atoms with Crippen molar-refractivity contribution in [2.75, 3.05) is 11.1 Å². The van der Waals surface area contributed by atoms with Crippen LogP contribution in [0, 0.1) is 6.92 Å². The molecule has 1 saturated carbocycles. The Morgan fingerprint density at radius 1 is 1.14 bits per heavy atom. The Bertz CT molecular complexity index is 1340. The number of rotatable bonds is 5. The molecule has 0 spiro atoms. The molecule has 3 aromatic rings. The largest absolute Gasteiger partial charge is 0.325 e. The van der Waals surface area contributed by atoms with Crippen molar-refractivity contribution in [1.29, 1.82) is 0 Å². The molecule has 35 heavy (non-hydrogen) atoms. The van der Waals surface area contributed by atoms with E-state index in [2.05, 4.69) is 10.4 Å². The molecule has 0 unspecified atom stereocenters. The first-order valence-corrected chi connectivity index (χ1v) is 13.0. The van der Waals surface area contributed by atoms with E-state index in [0.717, 1.165) is 53.4 Å². The zero-order valence-electron chi connectivity index (χ0n) is 20.0. The number of nitrogens with zero attached hydrogens (tertiary/aromatic N) is 4.